The van der Waals surface area contributed by atoms with Crippen LogP contribution in [0.2, 0.25) is 5.02 Å². The van der Waals surface area contributed by atoms with Crippen LogP contribution >= 0.6 is 11.6 Å². The van der Waals surface area contributed by atoms with Crippen molar-refractivity contribution in [1.29, 1.82) is 0 Å². The Morgan fingerprint density at radius 3 is 2.63 bits per heavy atom. The number of nitrogens with zero attached hydrogens (tertiary/aromatic N) is 3. The standard InChI is InChI=1S/C21H21ClN4O/c22-17-9-11-18(12-10-17)23-13-16-7-4-8-20(21(16)27)26-14-19(24-25-26)15-5-2-1-3-6-15/h1-3,5-6,9-12,14,16,20,23H,4,7-8,13H2/t16-,20?/m0/s1. The summed E-state index contributed by atoms with van der Waals surface area (Å²) in [5, 5.41) is 12.5. The molecule has 0 amide bonds. The Morgan fingerprint density at radius 2 is 1.85 bits per heavy atom. The summed E-state index contributed by atoms with van der Waals surface area (Å²) in [6, 6.07) is 17.2. The van der Waals surface area contributed by atoms with Crippen LogP contribution in [-0.4, -0.2) is 27.3 Å². The van der Waals surface area contributed by atoms with Crippen LogP contribution in [0.25, 0.3) is 11.3 Å². The third-order valence-electron chi connectivity index (χ3n) is 5.06. The zero-order valence-electron chi connectivity index (χ0n) is 14.9. The number of carbonyl (C=O) groups is 1. The molecule has 5 nitrogen and oxygen atoms in total. The Bertz CT molecular complexity index is 907. The molecule has 0 aliphatic heterocycles. The Labute approximate surface area is 163 Å². The number of hydrogen-bond acceptors (Lipinski definition) is 4. The molecule has 2 aromatic carbocycles. The number of aromatic nitrogens is 3. The van der Waals surface area contributed by atoms with E-state index < -0.39 is 0 Å². The molecule has 0 spiro atoms. The fraction of sp³-hybridized carbons (Fsp3) is 0.286. The SMILES string of the molecule is O=C1C(n2cc(-c3ccccc3)nn2)CCC[C@H]1CNc1ccc(Cl)cc1. The molecule has 27 heavy (non-hydrogen) atoms. The fourth-order valence-electron chi connectivity index (χ4n) is 3.56. The summed E-state index contributed by atoms with van der Waals surface area (Å²) in [7, 11) is 0. The Morgan fingerprint density at radius 1 is 1.07 bits per heavy atom. The molecule has 0 bridgehead atoms. The molecule has 1 fully saturated rings. The van der Waals surface area contributed by atoms with Gasteiger partial charge < -0.3 is 5.32 Å². The summed E-state index contributed by atoms with van der Waals surface area (Å²) in [4.78, 5) is 13.0. The highest BCUT2D eigenvalue weighted by Crippen LogP contribution is 2.30. The van der Waals surface area contributed by atoms with Gasteiger partial charge in [-0.3, -0.25) is 4.79 Å². The van der Waals surface area contributed by atoms with Crippen molar-refractivity contribution >= 4 is 23.1 Å². The third kappa shape index (κ3) is 4.03. The molecule has 1 N–H and O–H groups in total. The lowest BCUT2D eigenvalue weighted by Gasteiger charge is -2.28. The number of benzene rings is 2. The molecule has 1 aliphatic rings. The summed E-state index contributed by atoms with van der Waals surface area (Å²) >= 11 is 5.92. The molecular formula is C21H21ClN4O. The smallest absolute Gasteiger partial charge is 0.162 e. The Hall–Kier alpha value is -2.66. The molecule has 2 atom stereocenters. The van der Waals surface area contributed by atoms with Gasteiger partial charge in [0.05, 0.1) is 6.20 Å². The summed E-state index contributed by atoms with van der Waals surface area (Å²) < 4.78 is 1.74. The normalized spacial score (nSPS) is 19.8. The molecule has 1 unspecified atom stereocenters. The summed E-state index contributed by atoms with van der Waals surface area (Å²) in [6.07, 6.45) is 4.60. The molecule has 1 aliphatic carbocycles. The van der Waals surface area contributed by atoms with E-state index in [9.17, 15) is 4.79 Å². The van der Waals surface area contributed by atoms with Crippen LogP contribution in [0.3, 0.4) is 0 Å². The minimum absolute atomic E-state index is 0.0243. The van der Waals surface area contributed by atoms with Crippen LogP contribution in [0.1, 0.15) is 25.3 Å². The average Bonchev–Trinajstić information content (AvgIpc) is 3.19. The predicted molar refractivity (Wildman–Crippen MR) is 107 cm³/mol. The number of rotatable bonds is 5. The van der Waals surface area contributed by atoms with Crippen molar-refractivity contribution in [3.8, 4) is 11.3 Å². The van der Waals surface area contributed by atoms with Gasteiger partial charge >= 0.3 is 0 Å². The van der Waals surface area contributed by atoms with Crippen LogP contribution in [0.15, 0.2) is 60.8 Å². The van der Waals surface area contributed by atoms with Crippen LogP contribution in [0.5, 0.6) is 0 Å². The van der Waals surface area contributed by atoms with E-state index in [1.165, 1.54) is 0 Å². The minimum atomic E-state index is -0.235. The van der Waals surface area contributed by atoms with Gasteiger partial charge in [-0.15, -0.1) is 5.10 Å². The van der Waals surface area contributed by atoms with Gasteiger partial charge in [-0.25, -0.2) is 4.68 Å². The monoisotopic (exact) mass is 380 g/mol. The van der Waals surface area contributed by atoms with Crippen molar-refractivity contribution in [3.63, 3.8) is 0 Å². The van der Waals surface area contributed by atoms with Gasteiger partial charge in [0, 0.05) is 28.7 Å². The molecule has 1 aromatic heterocycles. The van der Waals surface area contributed by atoms with Crippen molar-refractivity contribution in [3.05, 3.63) is 65.8 Å². The van der Waals surface area contributed by atoms with Crippen LogP contribution in [0, 0.1) is 5.92 Å². The second-order valence-electron chi connectivity index (χ2n) is 6.88. The molecule has 6 heteroatoms. The number of anilines is 1. The minimum Gasteiger partial charge on any atom is -0.384 e. The Balaban J connectivity index is 1.44. The number of Topliss-reactive ketones (excluding diaryl/α,β-unsaturated/α-hetero) is 1. The number of ketones is 1. The largest absolute Gasteiger partial charge is 0.384 e. The van der Waals surface area contributed by atoms with Gasteiger partial charge in [0.25, 0.3) is 0 Å². The number of carbonyl (C=O) groups excluding carboxylic acids is 1. The lowest BCUT2D eigenvalue weighted by atomic mass is 9.84. The number of nitrogens with one attached hydrogen (secondary N) is 1. The average molecular weight is 381 g/mol. The first kappa shape index (κ1) is 17.7. The van der Waals surface area contributed by atoms with Gasteiger partial charge in [0.15, 0.2) is 5.78 Å². The van der Waals surface area contributed by atoms with Crippen molar-refractivity contribution in [2.75, 3.05) is 11.9 Å². The zero-order valence-corrected chi connectivity index (χ0v) is 15.6. The second kappa shape index (κ2) is 7.92. The molecule has 4 rings (SSSR count). The van der Waals surface area contributed by atoms with Crippen molar-refractivity contribution in [2.45, 2.75) is 25.3 Å². The maximum absolute atomic E-state index is 13.0. The van der Waals surface area contributed by atoms with Gasteiger partial charge in [-0.1, -0.05) is 53.6 Å². The van der Waals surface area contributed by atoms with Crippen molar-refractivity contribution in [2.24, 2.45) is 5.92 Å². The third-order valence-corrected chi connectivity index (χ3v) is 5.31. The first-order valence-electron chi connectivity index (χ1n) is 9.21. The van der Waals surface area contributed by atoms with E-state index >= 15 is 0 Å². The van der Waals surface area contributed by atoms with Crippen LogP contribution in [-0.2, 0) is 4.79 Å². The van der Waals surface area contributed by atoms with E-state index in [4.69, 9.17) is 11.6 Å². The quantitative estimate of drug-likeness (QED) is 0.701. The lowest BCUT2D eigenvalue weighted by Crippen LogP contribution is -2.34. The van der Waals surface area contributed by atoms with E-state index in [1.54, 1.807) is 4.68 Å². The highest BCUT2D eigenvalue weighted by atomic mass is 35.5. The highest BCUT2D eigenvalue weighted by molar-refractivity contribution is 6.30. The molecule has 1 heterocycles. The van der Waals surface area contributed by atoms with Crippen LogP contribution in [0.4, 0.5) is 5.69 Å². The molecular weight excluding hydrogens is 360 g/mol. The molecule has 3 aromatic rings. The van der Waals surface area contributed by atoms with Gasteiger partial charge in [-0.2, -0.15) is 0 Å². The number of halogens is 1. The Kier molecular flexibility index (Phi) is 5.21. The van der Waals surface area contributed by atoms with E-state index in [0.717, 1.165) is 36.2 Å². The topological polar surface area (TPSA) is 59.8 Å². The van der Waals surface area contributed by atoms with E-state index in [-0.39, 0.29) is 17.7 Å². The molecule has 0 radical (unpaired) electrons. The van der Waals surface area contributed by atoms with Crippen molar-refractivity contribution < 1.29 is 4.79 Å². The summed E-state index contributed by atoms with van der Waals surface area (Å²) in [5.41, 5.74) is 2.78. The zero-order chi connectivity index (χ0) is 18.6. The second-order valence-corrected chi connectivity index (χ2v) is 7.32. The highest BCUT2D eigenvalue weighted by Gasteiger charge is 2.33. The summed E-state index contributed by atoms with van der Waals surface area (Å²) in [5.74, 6) is 0.205. The molecule has 138 valence electrons. The maximum atomic E-state index is 13.0. The maximum Gasteiger partial charge on any atom is 0.162 e. The van der Waals surface area contributed by atoms with Crippen molar-refractivity contribution in [1.82, 2.24) is 15.0 Å². The first-order chi connectivity index (χ1) is 13.2. The van der Waals surface area contributed by atoms with Gasteiger partial charge in [-0.05, 0) is 37.1 Å². The predicted octanol–water partition coefficient (Wildman–Crippen LogP) is 4.62. The van der Waals surface area contributed by atoms with E-state index in [1.807, 2.05) is 60.8 Å². The number of hydrogen-bond donors (Lipinski definition) is 1. The fourth-order valence-corrected chi connectivity index (χ4v) is 3.68. The first-order valence-corrected chi connectivity index (χ1v) is 9.59. The van der Waals surface area contributed by atoms with E-state index in [2.05, 4.69) is 15.6 Å². The van der Waals surface area contributed by atoms with Gasteiger partial charge in [0.2, 0.25) is 0 Å². The van der Waals surface area contributed by atoms with Gasteiger partial charge in [0.1, 0.15) is 11.7 Å². The van der Waals surface area contributed by atoms with E-state index in [0.29, 0.717) is 11.6 Å². The molecule has 1 saturated carbocycles. The summed E-state index contributed by atoms with van der Waals surface area (Å²) in [6.45, 7) is 0.622. The van der Waals surface area contributed by atoms with Crippen LogP contribution < -0.4 is 5.32 Å². The molecule has 0 saturated heterocycles. The lowest BCUT2D eigenvalue weighted by molar-refractivity contribution is -0.128.